The van der Waals surface area contributed by atoms with Gasteiger partial charge in [0.05, 0.1) is 0 Å². The summed E-state index contributed by atoms with van der Waals surface area (Å²) in [5.41, 5.74) is 1.18. The predicted molar refractivity (Wildman–Crippen MR) is 49.7 cm³/mol. The lowest BCUT2D eigenvalue weighted by Crippen LogP contribution is -2.03. The van der Waals surface area contributed by atoms with E-state index >= 15 is 0 Å². The van der Waals surface area contributed by atoms with E-state index in [9.17, 15) is 4.79 Å². The van der Waals surface area contributed by atoms with Gasteiger partial charge in [-0.25, -0.2) is 0 Å². The van der Waals surface area contributed by atoms with Crippen LogP contribution < -0.4 is 4.74 Å². The molecule has 13 heavy (non-hydrogen) atoms. The molecule has 0 N–H and O–H groups in total. The van der Waals surface area contributed by atoms with Crippen LogP contribution in [0.25, 0.3) is 0 Å². The third-order valence-electron chi connectivity index (χ3n) is 2.19. The minimum absolute atomic E-state index is 0.242. The number of carbonyl (C=O) groups excluding carboxylic acids is 1. The number of para-hydroxylation sites is 1. The molecule has 0 heterocycles. The highest BCUT2D eigenvalue weighted by atomic mass is 16.5. The third-order valence-corrected chi connectivity index (χ3v) is 2.19. The van der Waals surface area contributed by atoms with Crippen LogP contribution in [0.2, 0.25) is 0 Å². The molecular weight excluding hydrogens is 164 g/mol. The second-order valence-electron chi connectivity index (χ2n) is 3.41. The first-order valence-electron chi connectivity index (χ1n) is 4.54. The van der Waals surface area contributed by atoms with E-state index in [0.29, 0.717) is 5.92 Å². The number of carbonyl (C=O) groups is 1. The average molecular weight is 176 g/mol. The summed E-state index contributed by atoms with van der Waals surface area (Å²) in [6.45, 7) is 1.43. The molecule has 1 aromatic carbocycles. The van der Waals surface area contributed by atoms with Crippen LogP contribution in [0.1, 0.15) is 31.2 Å². The van der Waals surface area contributed by atoms with Gasteiger partial charge in [-0.05, 0) is 30.4 Å². The fourth-order valence-electron chi connectivity index (χ4n) is 1.46. The number of hydrogen-bond donors (Lipinski definition) is 0. The Morgan fingerprint density at radius 2 is 2.08 bits per heavy atom. The van der Waals surface area contributed by atoms with E-state index in [1.54, 1.807) is 0 Å². The van der Waals surface area contributed by atoms with Crippen LogP contribution in [-0.2, 0) is 4.79 Å². The van der Waals surface area contributed by atoms with E-state index in [1.165, 1.54) is 25.3 Å². The van der Waals surface area contributed by atoms with Crippen molar-refractivity contribution in [3.8, 4) is 5.75 Å². The van der Waals surface area contributed by atoms with E-state index in [2.05, 4.69) is 0 Å². The quantitative estimate of drug-likeness (QED) is 0.511. The maximum Gasteiger partial charge on any atom is 0.308 e. The van der Waals surface area contributed by atoms with Crippen molar-refractivity contribution in [3.05, 3.63) is 29.8 Å². The Balaban J connectivity index is 2.26. The topological polar surface area (TPSA) is 26.3 Å². The Kier molecular flexibility index (Phi) is 2.05. The van der Waals surface area contributed by atoms with Gasteiger partial charge in [-0.1, -0.05) is 18.2 Å². The lowest BCUT2D eigenvalue weighted by molar-refractivity contribution is -0.131. The third kappa shape index (κ3) is 1.89. The largest absolute Gasteiger partial charge is 0.426 e. The van der Waals surface area contributed by atoms with Crippen molar-refractivity contribution in [2.24, 2.45) is 0 Å². The minimum Gasteiger partial charge on any atom is -0.426 e. The van der Waals surface area contributed by atoms with Gasteiger partial charge in [0, 0.05) is 6.92 Å². The van der Waals surface area contributed by atoms with Gasteiger partial charge in [0.2, 0.25) is 0 Å². The van der Waals surface area contributed by atoms with Gasteiger partial charge in [-0.15, -0.1) is 0 Å². The van der Waals surface area contributed by atoms with Crippen molar-refractivity contribution in [1.29, 1.82) is 0 Å². The summed E-state index contributed by atoms with van der Waals surface area (Å²) >= 11 is 0. The molecule has 0 spiro atoms. The molecule has 1 aliphatic carbocycles. The Morgan fingerprint density at radius 1 is 1.38 bits per heavy atom. The molecule has 0 aromatic heterocycles. The molecule has 0 bridgehead atoms. The summed E-state index contributed by atoms with van der Waals surface area (Å²) in [6, 6.07) is 7.77. The molecule has 2 nitrogen and oxygen atoms in total. The van der Waals surface area contributed by atoms with Crippen LogP contribution in [-0.4, -0.2) is 5.97 Å². The lowest BCUT2D eigenvalue weighted by Gasteiger charge is -2.06. The number of rotatable bonds is 2. The van der Waals surface area contributed by atoms with Crippen LogP contribution in [0.4, 0.5) is 0 Å². The lowest BCUT2D eigenvalue weighted by atomic mass is 10.1. The van der Waals surface area contributed by atoms with Crippen LogP contribution in [0.5, 0.6) is 5.75 Å². The molecule has 1 aromatic rings. The molecule has 1 saturated carbocycles. The molecular formula is C11H12O2. The molecule has 0 atom stereocenters. The van der Waals surface area contributed by atoms with E-state index in [-0.39, 0.29) is 5.97 Å². The number of hydrogen-bond acceptors (Lipinski definition) is 2. The molecule has 0 amide bonds. The zero-order chi connectivity index (χ0) is 9.26. The fourth-order valence-corrected chi connectivity index (χ4v) is 1.46. The summed E-state index contributed by atoms with van der Waals surface area (Å²) in [5, 5.41) is 0. The van der Waals surface area contributed by atoms with Crippen molar-refractivity contribution < 1.29 is 9.53 Å². The first kappa shape index (κ1) is 8.30. The zero-order valence-corrected chi connectivity index (χ0v) is 7.62. The van der Waals surface area contributed by atoms with Crippen molar-refractivity contribution >= 4 is 5.97 Å². The van der Waals surface area contributed by atoms with E-state index in [1.807, 2.05) is 24.3 Å². The Labute approximate surface area is 77.5 Å². The maximum atomic E-state index is 10.8. The van der Waals surface area contributed by atoms with Crippen LogP contribution in [0, 0.1) is 0 Å². The Morgan fingerprint density at radius 3 is 2.69 bits per heavy atom. The molecule has 0 aliphatic heterocycles. The second-order valence-corrected chi connectivity index (χ2v) is 3.41. The molecule has 1 fully saturated rings. The Bertz CT molecular complexity index is 327. The normalized spacial score (nSPS) is 15.5. The first-order valence-corrected chi connectivity index (χ1v) is 4.54. The molecule has 0 unspecified atom stereocenters. The summed E-state index contributed by atoms with van der Waals surface area (Å²) in [7, 11) is 0. The predicted octanol–water partition coefficient (Wildman–Crippen LogP) is 2.49. The van der Waals surface area contributed by atoms with E-state index in [0.717, 1.165) is 5.75 Å². The zero-order valence-electron chi connectivity index (χ0n) is 7.62. The van der Waals surface area contributed by atoms with E-state index in [4.69, 9.17) is 4.74 Å². The highest BCUT2D eigenvalue weighted by Crippen LogP contribution is 2.44. The van der Waals surface area contributed by atoms with Crippen molar-refractivity contribution in [1.82, 2.24) is 0 Å². The van der Waals surface area contributed by atoms with E-state index < -0.39 is 0 Å². The van der Waals surface area contributed by atoms with Crippen LogP contribution >= 0.6 is 0 Å². The molecule has 1 aliphatic rings. The summed E-state index contributed by atoms with van der Waals surface area (Å²) in [4.78, 5) is 10.8. The van der Waals surface area contributed by atoms with Crippen molar-refractivity contribution in [3.63, 3.8) is 0 Å². The van der Waals surface area contributed by atoms with Gasteiger partial charge >= 0.3 is 5.97 Å². The minimum atomic E-state index is -0.242. The monoisotopic (exact) mass is 176 g/mol. The van der Waals surface area contributed by atoms with Crippen molar-refractivity contribution in [2.45, 2.75) is 25.7 Å². The van der Waals surface area contributed by atoms with Gasteiger partial charge < -0.3 is 4.74 Å². The highest BCUT2D eigenvalue weighted by molar-refractivity contribution is 5.70. The highest BCUT2D eigenvalue weighted by Gasteiger charge is 2.26. The SMILES string of the molecule is CC(=O)Oc1ccccc1C1CC1. The first-order chi connectivity index (χ1) is 6.27. The van der Waals surface area contributed by atoms with Gasteiger partial charge in [0.15, 0.2) is 0 Å². The molecule has 68 valence electrons. The second kappa shape index (κ2) is 3.21. The molecule has 0 saturated heterocycles. The number of esters is 1. The smallest absolute Gasteiger partial charge is 0.308 e. The average Bonchev–Trinajstić information content (AvgIpc) is 2.87. The van der Waals surface area contributed by atoms with Crippen LogP contribution in [0.15, 0.2) is 24.3 Å². The molecule has 2 heteroatoms. The molecule has 2 rings (SSSR count). The Hall–Kier alpha value is -1.31. The summed E-state index contributed by atoms with van der Waals surface area (Å²) < 4.78 is 5.11. The number of ether oxygens (including phenoxy) is 1. The number of benzene rings is 1. The van der Waals surface area contributed by atoms with Gasteiger partial charge in [0.25, 0.3) is 0 Å². The van der Waals surface area contributed by atoms with Gasteiger partial charge in [-0.3, -0.25) is 4.79 Å². The van der Waals surface area contributed by atoms with Crippen LogP contribution in [0.3, 0.4) is 0 Å². The van der Waals surface area contributed by atoms with Gasteiger partial charge in [0.1, 0.15) is 5.75 Å². The summed E-state index contributed by atoms with van der Waals surface area (Å²) in [6.07, 6.45) is 2.44. The van der Waals surface area contributed by atoms with Crippen molar-refractivity contribution in [2.75, 3.05) is 0 Å². The van der Waals surface area contributed by atoms with Gasteiger partial charge in [-0.2, -0.15) is 0 Å². The standard InChI is InChI=1S/C11H12O2/c1-8(12)13-11-5-3-2-4-10(11)9-6-7-9/h2-5,9H,6-7H2,1H3. The molecule has 0 radical (unpaired) electrons. The fraction of sp³-hybridized carbons (Fsp3) is 0.364. The maximum absolute atomic E-state index is 10.8. The summed E-state index contributed by atoms with van der Waals surface area (Å²) in [5.74, 6) is 1.11.